The Kier molecular flexibility index (Phi) is 7.47. The minimum Gasteiger partial charge on any atom is -0.351 e. The zero-order valence-electron chi connectivity index (χ0n) is 17.9. The van der Waals surface area contributed by atoms with Crippen LogP contribution in [0, 0.1) is 11.8 Å². The van der Waals surface area contributed by atoms with Gasteiger partial charge in [0.05, 0.1) is 6.17 Å². The monoisotopic (exact) mass is 411 g/mol. The average molecular weight is 412 g/mol. The number of hydrogen-bond acceptors (Lipinski definition) is 6. The second-order valence-corrected chi connectivity index (χ2v) is 9.78. The Balaban J connectivity index is 1.60. The Morgan fingerprint density at radius 1 is 1.10 bits per heavy atom. The number of rotatable bonds is 3. The number of piperidine rings is 1. The number of halogens is 1. The number of carbonyl (C=O) groups is 1. The fraction of sp³-hybridized carbons (Fsp3) is 0.900. The number of nitrogens with two attached hydrogens (primary N) is 1. The van der Waals surface area contributed by atoms with Gasteiger partial charge in [0.2, 0.25) is 5.91 Å². The maximum absolute atomic E-state index is 13.4. The first-order chi connectivity index (χ1) is 13.7. The molecule has 0 aromatic carbocycles. The van der Waals surface area contributed by atoms with Crippen molar-refractivity contribution in [1.82, 2.24) is 26.8 Å². The van der Waals surface area contributed by atoms with Crippen molar-refractivity contribution in [3.05, 3.63) is 0 Å². The van der Waals surface area contributed by atoms with Crippen LogP contribution < -0.4 is 32.5 Å². The van der Waals surface area contributed by atoms with Crippen molar-refractivity contribution in [3.63, 3.8) is 0 Å². The average Bonchev–Trinajstić information content (AvgIpc) is 3.09. The largest absolute Gasteiger partial charge is 0.351 e. The van der Waals surface area contributed by atoms with E-state index in [1.165, 1.54) is 0 Å². The van der Waals surface area contributed by atoms with Crippen LogP contribution in [0.2, 0.25) is 0 Å². The topological polar surface area (TPSA) is 116 Å². The Hall–Kier alpha value is -1.29. The van der Waals surface area contributed by atoms with E-state index in [4.69, 9.17) is 10.7 Å². The predicted octanol–water partition coefficient (Wildman–Crippen LogP) is 0.852. The maximum Gasteiger partial charge on any atom is 0.229 e. The van der Waals surface area contributed by atoms with Crippen molar-refractivity contribution in [1.29, 1.82) is 0 Å². The van der Waals surface area contributed by atoms with Gasteiger partial charge >= 0.3 is 0 Å². The number of carbonyl (C=O) groups excluding carboxylic acids is 1. The van der Waals surface area contributed by atoms with Crippen LogP contribution in [0.3, 0.4) is 0 Å². The molecule has 1 aliphatic carbocycles. The molecule has 29 heavy (non-hydrogen) atoms. The number of nitrogens with zero attached hydrogens (tertiary/aromatic N) is 1. The molecule has 4 unspecified atom stereocenters. The summed E-state index contributed by atoms with van der Waals surface area (Å²) >= 11 is 0. The van der Waals surface area contributed by atoms with Gasteiger partial charge < -0.3 is 16.4 Å². The molecule has 2 saturated heterocycles. The molecule has 0 aromatic rings. The van der Waals surface area contributed by atoms with E-state index in [2.05, 4.69) is 26.8 Å². The zero-order valence-corrected chi connectivity index (χ0v) is 17.9. The second kappa shape index (κ2) is 9.68. The molecule has 0 radical (unpaired) electrons. The van der Waals surface area contributed by atoms with Gasteiger partial charge in [-0.05, 0) is 71.8 Å². The summed E-state index contributed by atoms with van der Waals surface area (Å²) in [7, 11) is 0. The van der Waals surface area contributed by atoms with Crippen LogP contribution in [0.25, 0.3) is 0 Å². The molecule has 3 aliphatic rings. The highest BCUT2D eigenvalue weighted by Crippen LogP contribution is 2.31. The van der Waals surface area contributed by atoms with E-state index in [-0.39, 0.29) is 35.7 Å². The number of amides is 1. The molecule has 0 spiro atoms. The van der Waals surface area contributed by atoms with Crippen LogP contribution in [0.15, 0.2) is 4.99 Å². The number of aliphatic imine (C=N–C) groups is 1. The molecule has 166 valence electrons. The van der Waals surface area contributed by atoms with Crippen LogP contribution in [0.5, 0.6) is 0 Å². The van der Waals surface area contributed by atoms with Crippen LogP contribution in [0.1, 0.15) is 65.7 Å². The fourth-order valence-corrected chi connectivity index (χ4v) is 4.45. The summed E-state index contributed by atoms with van der Waals surface area (Å²) in [5, 5.41) is 9.47. The third-order valence-electron chi connectivity index (χ3n) is 6.01. The highest BCUT2D eigenvalue weighted by atomic mass is 19.1. The molecule has 4 atom stereocenters. The number of hydrazine groups is 1. The molecule has 0 aromatic heterocycles. The molecule has 9 heteroatoms. The molecular weight excluding hydrogens is 373 g/mol. The van der Waals surface area contributed by atoms with Crippen molar-refractivity contribution in [2.75, 3.05) is 6.54 Å². The van der Waals surface area contributed by atoms with Crippen LogP contribution in [-0.2, 0) is 4.79 Å². The molecule has 2 heterocycles. The van der Waals surface area contributed by atoms with Crippen molar-refractivity contribution < 1.29 is 9.18 Å². The van der Waals surface area contributed by atoms with E-state index in [0.29, 0.717) is 31.1 Å². The van der Waals surface area contributed by atoms with Crippen molar-refractivity contribution in [2.24, 2.45) is 22.6 Å². The first-order valence-electron chi connectivity index (χ1n) is 11.0. The van der Waals surface area contributed by atoms with Crippen LogP contribution >= 0.6 is 0 Å². The molecular formula is C20H38FN7O. The quantitative estimate of drug-likeness (QED) is 0.303. The standard InChI is InChI=1S/C20H38FN7O/c1-20(2,3)26-19(25-18(29)13-8-9-23-16(22)10-13)24-17-11-15(27-28-17)12-4-6-14(21)7-5-12/h12-17,23,27-28H,4-11,22H2,1-3H3,(H2,24,25,26,29). The third-order valence-corrected chi connectivity index (χ3v) is 6.01. The van der Waals surface area contributed by atoms with E-state index in [9.17, 15) is 9.18 Å². The summed E-state index contributed by atoms with van der Waals surface area (Å²) < 4.78 is 13.4. The van der Waals surface area contributed by atoms with Gasteiger partial charge in [-0.1, -0.05) is 0 Å². The highest BCUT2D eigenvalue weighted by molar-refractivity contribution is 5.98. The summed E-state index contributed by atoms with van der Waals surface area (Å²) in [5.41, 5.74) is 12.3. The maximum atomic E-state index is 13.4. The summed E-state index contributed by atoms with van der Waals surface area (Å²) in [5.74, 6) is 0.805. The van der Waals surface area contributed by atoms with Crippen LogP contribution in [0.4, 0.5) is 4.39 Å². The van der Waals surface area contributed by atoms with Gasteiger partial charge in [-0.2, -0.15) is 0 Å². The predicted molar refractivity (Wildman–Crippen MR) is 112 cm³/mol. The number of nitrogens with one attached hydrogen (secondary N) is 5. The van der Waals surface area contributed by atoms with Crippen LogP contribution in [-0.4, -0.2) is 48.5 Å². The summed E-state index contributed by atoms with van der Waals surface area (Å²) in [6.07, 6.45) is 4.43. The fourth-order valence-electron chi connectivity index (χ4n) is 4.45. The van der Waals surface area contributed by atoms with Gasteiger partial charge in [-0.25, -0.2) is 14.8 Å². The molecule has 3 fully saturated rings. The van der Waals surface area contributed by atoms with E-state index < -0.39 is 6.17 Å². The zero-order chi connectivity index (χ0) is 21.0. The Morgan fingerprint density at radius 3 is 2.48 bits per heavy atom. The lowest BCUT2D eigenvalue weighted by Crippen LogP contribution is -2.54. The van der Waals surface area contributed by atoms with Gasteiger partial charge in [0.1, 0.15) is 12.3 Å². The third kappa shape index (κ3) is 6.87. The lowest BCUT2D eigenvalue weighted by Gasteiger charge is -2.29. The first kappa shape index (κ1) is 22.4. The van der Waals surface area contributed by atoms with Gasteiger partial charge in [0.25, 0.3) is 0 Å². The summed E-state index contributed by atoms with van der Waals surface area (Å²) in [6.45, 7) is 6.85. The summed E-state index contributed by atoms with van der Waals surface area (Å²) in [4.78, 5) is 17.5. The van der Waals surface area contributed by atoms with E-state index in [1.807, 2.05) is 20.8 Å². The Labute approximate surface area is 173 Å². The molecule has 1 saturated carbocycles. The molecule has 3 rings (SSSR count). The molecule has 1 amide bonds. The van der Waals surface area contributed by atoms with Crippen molar-refractivity contribution in [2.45, 2.75) is 95.8 Å². The van der Waals surface area contributed by atoms with E-state index in [1.54, 1.807) is 0 Å². The molecule has 8 nitrogen and oxygen atoms in total. The van der Waals surface area contributed by atoms with E-state index in [0.717, 1.165) is 32.2 Å². The Morgan fingerprint density at radius 2 is 1.83 bits per heavy atom. The van der Waals surface area contributed by atoms with E-state index >= 15 is 0 Å². The minimum absolute atomic E-state index is 0.0405. The SMILES string of the molecule is CC(C)(C)N/C(=N\C1CC(C2CCC(F)CC2)NN1)NC(=O)C1CCNC(N)C1. The minimum atomic E-state index is -0.643. The normalized spacial score (nSPS) is 36.7. The molecule has 2 aliphatic heterocycles. The van der Waals surface area contributed by atoms with Crippen molar-refractivity contribution in [3.8, 4) is 0 Å². The van der Waals surface area contributed by atoms with Gasteiger partial charge in [0, 0.05) is 23.9 Å². The van der Waals surface area contributed by atoms with Gasteiger partial charge in [-0.15, -0.1) is 0 Å². The van der Waals surface area contributed by atoms with Crippen molar-refractivity contribution >= 4 is 11.9 Å². The number of guanidine groups is 1. The van der Waals surface area contributed by atoms with Gasteiger partial charge in [-0.3, -0.25) is 15.5 Å². The second-order valence-electron chi connectivity index (χ2n) is 9.78. The highest BCUT2D eigenvalue weighted by Gasteiger charge is 2.34. The first-order valence-corrected chi connectivity index (χ1v) is 11.0. The smallest absolute Gasteiger partial charge is 0.229 e. The summed E-state index contributed by atoms with van der Waals surface area (Å²) in [6, 6.07) is 0.283. The number of alkyl halides is 1. The number of hydrogen-bond donors (Lipinski definition) is 6. The lowest BCUT2D eigenvalue weighted by atomic mass is 9.82. The Bertz CT molecular complexity index is 586. The molecule has 7 N–H and O–H groups in total. The molecule has 0 bridgehead atoms. The van der Waals surface area contributed by atoms with Gasteiger partial charge in [0.15, 0.2) is 5.96 Å². The lowest BCUT2D eigenvalue weighted by molar-refractivity contribution is -0.124.